The maximum absolute atomic E-state index is 12.8. The second-order valence-electron chi connectivity index (χ2n) is 15.4. The van der Waals surface area contributed by atoms with E-state index in [1.54, 1.807) is 0 Å². The van der Waals surface area contributed by atoms with Crippen LogP contribution in [-0.4, -0.2) is 96.0 Å². The van der Waals surface area contributed by atoms with E-state index < -0.39 is 71.2 Å². The lowest BCUT2D eigenvalue weighted by atomic mass is 10.00. The van der Waals surface area contributed by atoms with Gasteiger partial charge in [0.25, 0.3) is 10.1 Å². The molecule has 12 nitrogen and oxygen atoms in total. The van der Waals surface area contributed by atoms with Crippen molar-refractivity contribution in [1.82, 2.24) is 0 Å². The van der Waals surface area contributed by atoms with Gasteiger partial charge in [-0.25, -0.2) is 0 Å². The van der Waals surface area contributed by atoms with Gasteiger partial charge >= 0.3 is 11.9 Å². The van der Waals surface area contributed by atoms with Crippen molar-refractivity contribution in [2.45, 2.75) is 224 Å². The van der Waals surface area contributed by atoms with Crippen LogP contribution in [0.25, 0.3) is 0 Å². The van der Waals surface area contributed by atoms with E-state index in [1.165, 1.54) is 103 Å². The molecule has 324 valence electrons. The molecule has 2 unspecified atom stereocenters. The van der Waals surface area contributed by atoms with Gasteiger partial charge in [-0.3, -0.25) is 14.1 Å². The Hall–Kier alpha value is -1.61. The van der Waals surface area contributed by atoms with E-state index in [4.69, 9.17) is 18.9 Å². The van der Waals surface area contributed by atoms with Gasteiger partial charge in [-0.2, -0.15) is 8.42 Å². The first-order valence-corrected chi connectivity index (χ1v) is 23.4. The number of esters is 2. The van der Waals surface area contributed by atoms with Gasteiger partial charge in [0.1, 0.15) is 36.8 Å². The van der Waals surface area contributed by atoms with Gasteiger partial charge in [-0.05, 0) is 38.5 Å². The first kappa shape index (κ1) is 51.4. The predicted octanol–water partition coefficient (Wildman–Crippen LogP) is 8.28. The molecule has 13 heteroatoms. The number of unbranched alkanes of at least 4 members (excludes halogenated alkanes) is 22. The summed E-state index contributed by atoms with van der Waals surface area (Å²) in [5.74, 6) is -1.99. The lowest BCUT2D eigenvalue weighted by molar-refractivity contribution is -0.297. The minimum Gasteiger partial charge on any atom is -0.462 e. The minimum absolute atomic E-state index is 0.166. The van der Waals surface area contributed by atoms with Crippen molar-refractivity contribution in [2.75, 3.05) is 19.0 Å². The number of rotatable bonds is 36. The standard InChI is InChI=1S/C42H78O12S/c1-3-5-7-9-11-13-15-17-18-19-21-22-24-26-28-30-37(43)51-32-35(33-52-42-41(47)40(46)39(45)36(54-42)34-55(48,49)50)53-38(44)31-29-27-25-23-20-16-14-12-10-8-6-4-2/h19,21,35-36,39-42,45-47H,3-18,20,22-34H2,1-2H3,(H,48,49,50)/b21-19+/t35-,36-,39-,40?,41?,42+/m1/s1. The number of hydrogen-bond acceptors (Lipinski definition) is 11. The zero-order valence-electron chi connectivity index (χ0n) is 34.3. The Morgan fingerprint density at radius 3 is 1.53 bits per heavy atom. The molecule has 1 rings (SSSR count). The average molecular weight is 807 g/mol. The zero-order valence-corrected chi connectivity index (χ0v) is 35.1. The summed E-state index contributed by atoms with van der Waals surface area (Å²) in [6, 6.07) is 0. The molecule has 6 atom stereocenters. The highest BCUT2D eigenvalue weighted by Crippen LogP contribution is 2.24. The van der Waals surface area contributed by atoms with Crippen molar-refractivity contribution in [3.05, 3.63) is 12.2 Å². The topological polar surface area (TPSA) is 186 Å². The van der Waals surface area contributed by atoms with Gasteiger partial charge in [0.15, 0.2) is 12.4 Å². The van der Waals surface area contributed by atoms with Gasteiger partial charge in [-0.1, -0.05) is 148 Å². The molecule has 0 bridgehead atoms. The van der Waals surface area contributed by atoms with Crippen LogP contribution in [0, 0.1) is 0 Å². The van der Waals surface area contributed by atoms with Crippen LogP contribution in [0.5, 0.6) is 0 Å². The quantitative estimate of drug-likeness (QED) is 0.0206. The van der Waals surface area contributed by atoms with E-state index in [9.17, 15) is 37.9 Å². The van der Waals surface area contributed by atoms with Crippen LogP contribution >= 0.6 is 0 Å². The van der Waals surface area contributed by atoms with Crippen LogP contribution in [0.4, 0.5) is 0 Å². The van der Waals surface area contributed by atoms with Crippen molar-refractivity contribution in [3.63, 3.8) is 0 Å². The fourth-order valence-electron chi connectivity index (χ4n) is 6.67. The Morgan fingerprint density at radius 2 is 1.04 bits per heavy atom. The van der Waals surface area contributed by atoms with Gasteiger partial charge in [-0.15, -0.1) is 0 Å². The van der Waals surface area contributed by atoms with Crippen molar-refractivity contribution >= 4 is 22.1 Å². The Kier molecular flexibility index (Phi) is 31.2. The number of aliphatic hydroxyl groups excluding tert-OH is 3. The summed E-state index contributed by atoms with van der Waals surface area (Å²) in [6.45, 7) is 3.74. The minimum atomic E-state index is -4.60. The molecule has 1 aliphatic heterocycles. The highest BCUT2D eigenvalue weighted by atomic mass is 32.2. The van der Waals surface area contributed by atoms with Crippen LogP contribution in [0.1, 0.15) is 187 Å². The Labute approximate surface area is 333 Å². The molecule has 0 aliphatic carbocycles. The first-order valence-electron chi connectivity index (χ1n) is 21.7. The summed E-state index contributed by atoms with van der Waals surface area (Å²) in [7, 11) is -4.60. The number of allylic oxidation sites excluding steroid dienone is 2. The lowest BCUT2D eigenvalue weighted by Gasteiger charge is -2.40. The highest BCUT2D eigenvalue weighted by Gasteiger charge is 2.46. The molecule has 0 aromatic rings. The van der Waals surface area contributed by atoms with Crippen molar-refractivity contribution in [1.29, 1.82) is 0 Å². The summed E-state index contributed by atoms with van der Waals surface area (Å²) in [5.41, 5.74) is 0. The molecule has 4 N–H and O–H groups in total. The van der Waals surface area contributed by atoms with E-state index in [1.807, 2.05) is 0 Å². The molecule has 0 aromatic carbocycles. The molecule has 0 radical (unpaired) electrons. The molecule has 0 aromatic heterocycles. The first-order chi connectivity index (χ1) is 26.5. The van der Waals surface area contributed by atoms with Gasteiger partial charge in [0.05, 0.1) is 6.61 Å². The second-order valence-corrected chi connectivity index (χ2v) is 16.9. The largest absolute Gasteiger partial charge is 0.462 e. The van der Waals surface area contributed by atoms with Crippen LogP contribution in [0.3, 0.4) is 0 Å². The molecule has 1 fully saturated rings. The smallest absolute Gasteiger partial charge is 0.306 e. The van der Waals surface area contributed by atoms with Crippen molar-refractivity contribution in [2.24, 2.45) is 0 Å². The Balaban J connectivity index is 2.47. The molecular formula is C42H78O12S. The molecule has 1 aliphatic rings. The molecule has 0 amide bonds. The Bertz CT molecular complexity index is 1080. The van der Waals surface area contributed by atoms with E-state index in [2.05, 4.69) is 26.0 Å². The van der Waals surface area contributed by atoms with E-state index in [0.717, 1.165) is 44.9 Å². The maximum atomic E-state index is 12.8. The van der Waals surface area contributed by atoms with Crippen molar-refractivity contribution < 1.29 is 56.8 Å². The number of hydrogen-bond donors (Lipinski definition) is 4. The monoisotopic (exact) mass is 807 g/mol. The molecular weight excluding hydrogens is 729 g/mol. The van der Waals surface area contributed by atoms with E-state index >= 15 is 0 Å². The van der Waals surface area contributed by atoms with Crippen LogP contribution in [-0.2, 0) is 38.7 Å². The van der Waals surface area contributed by atoms with Crippen molar-refractivity contribution in [3.8, 4) is 0 Å². The van der Waals surface area contributed by atoms with Crippen LogP contribution in [0.2, 0.25) is 0 Å². The highest BCUT2D eigenvalue weighted by molar-refractivity contribution is 7.85. The average Bonchev–Trinajstić information content (AvgIpc) is 3.14. The number of carbonyl (C=O) groups is 2. The maximum Gasteiger partial charge on any atom is 0.306 e. The summed E-state index contributed by atoms with van der Waals surface area (Å²) in [5, 5.41) is 30.8. The second kappa shape index (κ2) is 33.4. The SMILES string of the molecule is CCCCCCCCCC/C=C/CCCCCC(=O)OC[C@H](CO[C@H]1O[C@H](CS(=O)(=O)O)[C@@H](O)C(O)C1O)OC(=O)CCCCCCCCCCCCCC. The van der Waals surface area contributed by atoms with Gasteiger partial charge in [0, 0.05) is 12.8 Å². The van der Waals surface area contributed by atoms with Gasteiger partial charge in [0.2, 0.25) is 0 Å². The summed E-state index contributed by atoms with van der Waals surface area (Å²) in [6.07, 6.45) is 24.1. The third-order valence-corrected chi connectivity index (χ3v) is 10.8. The molecule has 0 saturated carbocycles. The molecule has 0 spiro atoms. The molecule has 1 saturated heterocycles. The summed E-state index contributed by atoms with van der Waals surface area (Å²) in [4.78, 5) is 25.3. The number of ether oxygens (including phenoxy) is 4. The fraction of sp³-hybridized carbons (Fsp3) is 0.905. The van der Waals surface area contributed by atoms with Crippen LogP contribution in [0.15, 0.2) is 12.2 Å². The fourth-order valence-corrected chi connectivity index (χ4v) is 7.36. The third kappa shape index (κ3) is 28.4. The lowest BCUT2D eigenvalue weighted by Crippen LogP contribution is -2.60. The van der Waals surface area contributed by atoms with E-state index in [0.29, 0.717) is 12.8 Å². The number of aliphatic hydroxyl groups is 3. The predicted molar refractivity (Wildman–Crippen MR) is 215 cm³/mol. The molecule has 55 heavy (non-hydrogen) atoms. The van der Waals surface area contributed by atoms with Crippen LogP contribution < -0.4 is 0 Å². The zero-order chi connectivity index (χ0) is 40.6. The van der Waals surface area contributed by atoms with E-state index in [-0.39, 0.29) is 19.4 Å². The summed E-state index contributed by atoms with van der Waals surface area (Å²) >= 11 is 0. The summed E-state index contributed by atoms with van der Waals surface area (Å²) < 4.78 is 53.9. The normalized spacial score (nSPS) is 20.9. The third-order valence-electron chi connectivity index (χ3n) is 10.1. The molecule has 1 heterocycles. The number of carbonyl (C=O) groups excluding carboxylic acids is 2. The van der Waals surface area contributed by atoms with Gasteiger partial charge < -0.3 is 34.3 Å². The Morgan fingerprint density at radius 1 is 0.600 bits per heavy atom.